The summed E-state index contributed by atoms with van der Waals surface area (Å²) in [5.74, 6) is -0.791. The van der Waals surface area contributed by atoms with Gasteiger partial charge in [0.05, 0.1) is 6.42 Å². The van der Waals surface area contributed by atoms with Crippen LogP contribution >= 0.6 is 0 Å². The summed E-state index contributed by atoms with van der Waals surface area (Å²) in [6.45, 7) is 3.93. The lowest BCUT2D eigenvalue weighted by molar-refractivity contribution is -0.137. The Kier molecular flexibility index (Phi) is 5.43. The van der Waals surface area contributed by atoms with Crippen LogP contribution in [0, 0.1) is 0 Å². The second-order valence-electron chi connectivity index (χ2n) is 4.03. The zero-order valence-corrected chi connectivity index (χ0v) is 10.3. The van der Waals surface area contributed by atoms with E-state index >= 15 is 0 Å². The van der Waals surface area contributed by atoms with Gasteiger partial charge in [-0.05, 0) is 19.4 Å². The molecule has 1 aromatic carbocycles. The maximum Gasteiger partial charge on any atom is 0.305 e. The van der Waals surface area contributed by atoms with E-state index < -0.39 is 5.97 Å². The zero-order chi connectivity index (χ0) is 12.7. The summed E-state index contributed by atoms with van der Waals surface area (Å²) in [4.78, 5) is 10.7. The predicted molar refractivity (Wildman–Crippen MR) is 68.8 cm³/mol. The van der Waals surface area contributed by atoms with E-state index in [-0.39, 0.29) is 18.5 Å². The molecule has 2 N–H and O–H groups in total. The molecule has 0 amide bonds. The molecule has 3 nitrogen and oxygen atoms in total. The van der Waals surface area contributed by atoms with Crippen LogP contribution in [0.5, 0.6) is 0 Å². The molecule has 2 atom stereocenters. The first kappa shape index (κ1) is 13.5. The number of hydrogen-bond acceptors (Lipinski definition) is 2. The number of allylic oxidation sites excluding steroid dienone is 1. The summed E-state index contributed by atoms with van der Waals surface area (Å²) < 4.78 is 0. The Balaban J connectivity index is 2.64. The van der Waals surface area contributed by atoms with Crippen LogP contribution in [0.2, 0.25) is 0 Å². The number of aliphatic carboxylic acids is 1. The van der Waals surface area contributed by atoms with Gasteiger partial charge in [-0.25, -0.2) is 0 Å². The van der Waals surface area contributed by atoms with Crippen molar-refractivity contribution in [1.82, 2.24) is 5.32 Å². The molecule has 0 bridgehead atoms. The lowest BCUT2D eigenvalue weighted by atomic mass is 10.1. The van der Waals surface area contributed by atoms with Gasteiger partial charge in [-0.15, -0.1) is 0 Å². The third-order valence-corrected chi connectivity index (χ3v) is 2.58. The summed E-state index contributed by atoms with van der Waals surface area (Å²) in [6.07, 6.45) is 3.85. The second-order valence-corrected chi connectivity index (χ2v) is 4.03. The SMILES string of the molecule is C/C=C/C(CC(=O)O)NC(C)c1ccccc1. The minimum absolute atomic E-state index is 0.0987. The minimum atomic E-state index is -0.791. The lowest BCUT2D eigenvalue weighted by Crippen LogP contribution is -2.31. The predicted octanol–water partition coefficient (Wildman–Crippen LogP) is 2.76. The average Bonchev–Trinajstić information content (AvgIpc) is 2.29. The molecule has 17 heavy (non-hydrogen) atoms. The first-order valence-electron chi connectivity index (χ1n) is 5.79. The van der Waals surface area contributed by atoms with Crippen LogP contribution in [0.25, 0.3) is 0 Å². The van der Waals surface area contributed by atoms with E-state index in [0.717, 1.165) is 5.56 Å². The van der Waals surface area contributed by atoms with Crippen molar-refractivity contribution in [2.24, 2.45) is 0 Å². The van der Waals surface area contributed by atoms with Crippen LogP contribution < -0.4 is 5.32 Å². The molecule has 0 radical (unpaired) electrons. The quantitative estimate of drug-likeness (QED) is 0.743. The molecular weight excluding hydrogens is 214 g/mol. The van der Waals surface area contributed by atoms with E-state index in [2.05, 4.69) is 5.32 Å². The van der Waals surface area contributed by atoms with E-state index in [9.17, 15) is 4.79 Å². The molecule has 92 valence electrons. The van der Waals surface area contributed by atoms with Gasteiger partial charge in [0.15, 0.2) is 0 Å². The van der Waals surface area contributed by atoms with E-state index in [0.29, 0.717) is 0 Å². The number of benzene rings is 1. The van der Waals surface area contributed by atoms with Gasteiger partial charge in [0.2, 0.25) is 0 Å². The number of carbonyl (C=O) groups is 1. The van der Waals surface area contributed by atoms with Crippen molar-refractivity contribution in [2.45, 2.75) is 32.4 Å². The standard InChI is InChI=1S/C14H19NO2/c1-3-7-13(10-14(16)17)15-11(2)12-8-5-4-6-9-12/h3-9,11,13,15H,10H2,1-2H3,(H,16,17)/b7-3+. The van der Waals surface area contributed by atoms with Crippen molar-refractivity contribution in [3.05, 3.63) is 48.0 Å². The number of carboxylic acid groups (broad SMARTS) is 1. The van der Waals surface area contributed by atoms with Crippen LogP contribution in [0.4, 0.5) is 0 Å². The normalized spacial score (nSPS) is 14.7. The van der Waals surface area contributed by atoms with Gasteiger partial charge >= 0.3 is 5.97 Å². The fourth-order valence-corrected chi connectivity index (χ4v) is 1.76. The molecule has 2 unspecified atom stereocenters. The fourth-order valence-electron chi connectivity index (χ4n) is 1.76. The van der Waals surface area contributed by atoms with Gasteiger partial charge in [-0.2, -0.15) is 0 Å². The minimum Gasteiger partial charge on any atom is -0.481 e. The summed E-state index contributed by atoms with van der Waals surface area (Å²) in [6, 6.07) is 10.0. The van der Waals surface area contributed by atoms with Gasteiger partial charge in [-0.1, -0.05) is 42.5 Å². The Morgan fingerprint density at radius 3 is 2.59 bits per heavy atom. The molecular formula is C14H19NO2. The Labute approximate surface area is 102 Å². The molecule has 0 aliphatic heterocycles. The average molecular weight is 233 g/mol. The van der Waals surface area contributed by atoms with E-state index in [1.807, 2.05) is 56.3 Å². The van der Waals surface area contributed by atoms with Crippen molar-refractivity contribution < 1.29 is 9.90 Å². The number of carboxylic acids is 1. The number of nitrogens with one attached hydrogen (secondary N) is 1. The van der Waals surface area contributed by atoms with Crippen LogP contribution in [0.15, 0.2) is 42.5 Å². The zero-order valence-electron chi connectivity index (χ0n) is 10.3. The summed E-state index contributed by atoms with van der Waals surface area (Å²) in [5.41, 5.74) is 1.16. The van der Waals surface area contributed by atoms with Crippen molar-refractivity contribution in [1.29, 1.82) is 0 Å². The van der Waals surface area contributed by atoms with Gasteiger partial charge in [-0.3, -0.25) is 4.79 Å². The molecule has 0 spiro atoms. The van der Waals surface area contributed by atoms with Crippen LogP contribution in [-0.2, 0) is 4.79 Å². The highest BCUT2D eigenvalue weighted by Gasteiger charge is 2.13. The third kappa shape index (κ3) is 4.83. The highest BCUT2D eigenvalue weighted by molar-refractivity contribution is 5.67. The topological polar surface area (TPSA) is 49.3 Å². The van der Waals surface area contributed by atoms with E-state index in [1.165, 1.54) is 0 Å². The van der Waals surface area contributed by atoms with Crippen molar-refractivity contribution >= 4 is 5.97 Å². The van der Waals surface area contributed by atoms with E-state index in [4.69, 9.17) is 5.11 Å². The van der Waals surface area contributed by atoms with Crippen molar-refractivity contribution in [3.63, 3.8) is 0 Å². The maximum absolute atomic E-state index is 10.7. The first-order valence-corrected chi connectivity index (χ1v) is 5.79. The Bertz CT molecular complexity index is 373. The number of rotatable bonds is 6. The second kappa shape index (κ2) is 6.86. The molecule has 0 saturated carbocycles. The number of hydrogen-bond donors (Lipinski definition) is 2. The molecule has 1 rings (SSSR count). The molecule has 0 fully saturated rings. The third-order valence-electron chi connectivity index (χ3n) is 2.58. The van der Waals surface area contributed by atoms with Gasteiger partial charge < -0.3 is 10.4 Å². The van der Waals surface area contributed by atoms with E-state index in [1.54, 1.807) is 0 Å². The maximum atomic E-state index is 10.7. The van der Waals surface area contributed by atoms with Gasteiger partial charge in [0.25, 0.3) is 0 Å². The molecule has 0 saturated heterocycles. The molecule has 0 aromatic heterocycles. The molecule has 0 aliphatic rings. The highest BCUT2D eigenvalue weighted by atomic mass is 16.4. The molecule has 1 aromatic rings. The lowest BCUT2D eigenvalue weighted by Gasteiger charge is -2.19. The van der Waals surface area contributed by atoms with Crippen LogP contribution in [0.3, 0.4) is 0 Å². The van der Waals surface area contributed by atoms with Crippen LogP contribution in [-0.4, -0.2) is 17.1 Å². The smallest absolute Gasteiger partial charge is 0.305 e. The molecule has 0 aliphatic carbocycles. The first-order chi connectivity index (χ1) is 8.13. The summed E-state index contributed by atoms with van der Waals surface area (Å²) in [5, 5.41) is 12.1. The summed E-state index contributed by atoms with van der Waals surface area (Å²) in [7, 11) is 0. The fraction of sp³-hybridized carbons (Fsp3) is 0.357. The Morgan fingerprint density at radius 1 is 1.41 bits per heavy atom. The van der Waals surface area contributed by atoms with Crippen molar-refractivity contribution in [2.75, 3.05) is 0 Å². The Hall–Kier alpha value is -1.61. The Morgan fingerprint density at radius 2 is 2.06 bits per heavy atom. The molecule has 0 heterocycles. The largest absolute Gasteiger partial charge is 0.481 e. The van der Waals surface area contributed by atoms with Gasteiger partial charge in [0, 0.05) is 12.1 Å². The van der Waals surface area contributed by atoms with Crippen molar-refractivity contribution in [3.8, 4) is 0 Å². The monoisotopic (exact) mass is 233 g/mol. The van der Waals surface area contributed by atoms with Gasteiger partial charge in [0.1, 0.15) is 0 Å². The molecule has 3 heteroatoms. The summed E-state index contributed by atoms with van der Waals surface area (Å²) >= 11 is 0. The van der Waals surface area contributed by atoms with Crippen LogP contribution in [0.1, 0.15) is 31.9 Å². The highest BCUT2D eigenvalue weighted by Crippen LogP contribution is 2.13.